The van der Waals surface area contributed by atoms with Crippen LogP contribution in [0.2, 0.25) is 0 Å². The number of carbonyl (C=O) groups is 1. The number of primary amides is 1. The summed E-state index contributed by atoms with van der Waals surface area (Å²) in [5.74, 6) is 0. The zero-order valence-electron chi connectivity index (χ0n) is 10.3. The number of hydrogen-bond donors (Lipinski definition) is 3. The van der Waals surface area contributed by atoms with Crippen LogP contribution in [-0.2, 0) is 4.74 Å². The van der Waals surface area contributed by atoms with Crippen LogP contribution in [-0.4, -0.2) is 25.3 Å². The maximum atomic E-state index is 10.8. The van der Waals surface area contributed by atoms with E-state index in [0.717, 1.165) is 38.2 Å². The maximum Gasteiger partial charge on any atom is 0.316 e. The van der Waals surface area contributed by atoms with E-state index in [9.17, 15) is 4.79 Å². The van der Waals surface area contributed by atoms with Crippen LogP contribution < -0.4 is 16.4 Å². The Morgan fingerprint density at radius 2 is 2.11 bits per heavy atom. The minimum atomic E-state index is -0.546. The van der Waals surface area contributed by atoms with Crippen molar-refractivity contribution in [1.29, 1.82) is 0 Å². The second-order valence-electron chi connectivity index (χ2n) is 4.45. The quantitative estimate of drug-likeness (QED) is 0.768. The Kier molecular flexibility index (Phi) is 4.41. The third-order valence-corrected chi connectivity index (χ3v) is 2.95. The van der Waals surface area contributed by atoms with E-state index in [2.05, 4.69) is 10.6 Å². The van der Waals surface area contributed by atoms with Crippen LogP contribution in [0.4, 0.5) is 16.2 Å². The molecule has 0 bridgehead atoms. The Balaban J connectivity index is 1.97. The summed E-state index contributed by atoms with van der Waals surface area (Å²) in [7, 11) is 0. The van der Waals surface area contributed by atoms with Crippen LogP contribution in [0.25, 0.3) is 0 Å². The number of amides is 2. The predicted molar refractivity (Wildman–Crippen MR) is 71.7 cm³/mol. The molecule has 4 N–H and O–H groups in total. The number of benzene rings is 1. The van der Waals surface area contributed by atoms with Gasteiger partial charge >= 0.3 is 6.03 Å². The van der Waals surface area contributed by atoms with Gasteiger partial charge in [-0.1, -0.05) is 6.07 Å². The summed E-state index contributed by atoms with van der Waals surface area (Å²) in [6.45, 7) is 1.65. The second-order valence-corrected chi connectivity index (χ2v) is 4.45. The van der Waals surface area contributed by atoms with Crippen molar-refractivity contribution < 1.29 is 9.53 Å². The molecule has 1 saturated heterocycles. The van der Waals surface area contributed by atoms with E-state index in [1.54, 1.807) is 0 Å². The van der Waals surface area contributed by atoms with Crippen molar-refractivity contribution in [2.75, 3.05) is 23.8 Å². The highest BCUT2D eigenvalue weighted by molar-refractivity contribution is 5.88. The van der Waals surface area contributed by atoms with Gasteiger partial charge in [-0.05, 0) is 37.5 Å². The first kappa shape index (κ1) is 12.7. The van der Waals surface area contributed by atoms with Crippen molar-refractivity contribution in [1.82, 2.24) is 0 Å². The molecular weight excluding hydrogens is 230 g/mol. The second kappa shape index (κ2) is 6.26. The third-order valence-electron chi connectivity index (χ3n) is 2.95. The summed E-state index contributed by atoms with van der Waals surface area (Å²) in [4.78, 5) is 10.8. The van der Waals surface area contributed by atoms with Gasteiger partial charge in [0.05, 0.1) is 0 Å². The summed E-state index contributed by atoms with van der Waals surface area (Å²) in [6.07, 6.45) is 3.19. The lowest BCUT2D eigenvalue weighted by Crippen LogP contribution is -2.21. The molecule has 1 unspecified atom stereocenters. The minimum absolute atomic E-state index is 0.427. The first-order valence-electron chi connectivity index (χ1n) is 6.25. The molecule has 1 aliphatic heterocycles. The molecule has 1 fully saturated rings. The molecule has 5 nitrogen and oxygen atoms in total. The van der Waals surface area contributed by atoms with E-state index in [1.165, 1.54) is 0 Å². The Hall–Kier alpha value is -1.75. The van der Waals surface area contributed by atoms with Gasteiger partial charge in [-0.3, -0.25) is 0 Å². The number of ether oxygens (including phenoxy) is 1. The number of carbonyl (C=O) groups excluding carboxylic acids is 1. The summed E-state index contributed by atoms with van der Waals surface area (Å²) < 4.78 is 5.43. The molecule has 0 spiro atoms. The molecule has 1 aromatic carbocycles. The third kappa shape index (κ3) is 3.92. The van der Waals surface area contributed by atoms with Crippen LogP contribution >= 0.6 is 0 Å². The lowest BCUT2D eigenvalue weighted by Gasteiger charge is -2.17. The zero-order chi connectivity index (χ0) is 12.8. The van der Waals surface area contributed by atoms with E-state index < -0.39 is 6.03 Å². The van der Waals surface area contributed by atoms with Gasteiger partial charge in [0.2, 0.25) is 0 Å². The van der Waals surface area contributed by atoms with Crippen LogP contribution in [0.1, 0.15) is 19.3 Å². The Bertz CT molecular complexity index is 401. The Labute approximate surface area is 107 Å². The molecule has 1 heterocycles. The molecule has 0 aromatic heterocycles. The summed E-state index contributed by atoms with van der Waals surface area (Å²) >= 11 is 0. The van der Waals surface area contributed by atoms with E-state index in [1.807, 2.05) is 24.3 Å². The van der Waals surface area contributed by atoms with Crippen LogP contribution in [0.15, 0.2) is 24.3 Å². The number of hydrogen-bond acceptors (Lipinski definition) is 3. The Morgan fingerprint density at radius 3 is 2.94 bits per heavy atom. The largest absolute Gasteiger partial charge is 0.382 e. The van der Waals surface area contributed by atoms with Crippen molar-refractivity contribution in [2.45, 2.75) is 25.3 Å². The van der Waals surface area contributed by atoms with Crippen molar-refractivity contribution in [3.63, 3.8) is 0 Å². The number of rotatable bonds is 3. The number of anilines is 2. The topological polar surface area (TPSA) is 76.4 Å². The van der Waals surface area contributed by atoms with Crippen molar-refractivity contribution >= 4 is 17.4 Å². The fraction of sp³-hybridized carbons (Fsp3) is 0.462. The van der Waals surface area contributed by atoms with Crippen LogP contribution in [0.3, 0.4) is 0 Å². The molecular formula is C13H19N3O2. The number of nitrogens with one attached hydrogen (secondary N) is 2. The van der Waals surface area contributed by atoms with Gasteiger partial charge in [-0.15, -0.1) is 0 Å². The predicted octanol–water partition coefficient (Wildman–Crippen LogP) is 2.16. The molecule has 2 rings (SSSR count). The fourth-order valence-electron chi connectivity index (χ4n) is 2.11. The number of nitrogens with two attached hydrogens (primary N) is 1. The average Bonchev–Trinajstić information content (AvgIpc) is 2.57. The highest BCUT2D eigenvalue weighted by Gasteiger charge is 2.12. The molecule has 2 amide bonds. The zero-order valence-corrected chi connectivity index (χ0v) is 10.3. The van der Waals surface area contributed by atoms with Crippen molar-refractivity contribution in [3.8, 4) is 0 Å². The summed E-state index contributed by atoms with van der Waals surface area (Å²) in [5, 5.41) is 6.03. The van der Waals surface area contributed by atoms with E-state index >= 15 is 0 Å². The molecule has 5 heteroatoms. The molecule has 0 radical (unpaired) electrons. The highest BCUT2D eigenvalue weighted by atomic mass is 16.5. The SMILES string of the molecule is NC(=O)Nc1cccc(NC2CCCOCC2)c1. The van der Waals surface area contributed by atoms with Crippen LogP contribution in [0, 0.1) is 0 Å². The van der Waals surface area contributed by atoms with Gasteiger partial charge in [0.15, 0.2) is 0 Å². The van der Waals surface area contributed by atoms with Gasteiger partial charge in [-0.25, -0.2) is 4.79 Å². The van der Waals surface area contributed by atoms with E-state index in [-0.39, 0.29) is 0 Å². The normalized spacial score (nSPS) is 19.9. The lowest BCUT2D eigenvalue weighted by atomic mass is 10.1. The smallest absolute Gasteiger partial charge is 0.316 e. The highest BCUT2D eigenvalue weighted by Crippen LogP contribution is 2.19. The lowest BCUT2D eigenvalue weighted by molar-refractivity contribution is 0.144. The first-order valence-corrected chi connectivity index (χ1v) is 6.25. The average molecular weight is 249 g/mol. The molecule has 0 saturated carbocycles. The minimum Gasteiger partial charge on any atom is -0.382 e. The number of urea groups is 1. The van der Waals surface area contributed by atoms with Gasteiger partial charge in [-0.2, -0.15) is 0 Å². The van der Waals surface area contributed by atoms with Gasteiger partial charge < -0.3 is 21.1 Å². The van der Waals surface area contributed by atoms with Gasteiger partial charge in [0.1, 0.15) is 0 Å². The molecule has 18 heavy (non-hydrogen) atoms. The standard InChI is InChI=1S/C13H19N3O2/c14-13(17)16-12-4-1-3-11(9-12)15-10-5-2-7-18-8-6-10/h1,3-4,9-10,15H,2,5-8H2,(H3,14,16,17). The van der Waals surface area contributed by atoms with Crippen molar-refractivity contribution in [2.24, 2.45) is 5.73 Å². The van der Waals surface area contributed by atoms with E-state index in [0.29, 0.717) is 11.7 Å². The molecule has 0 aliphatic carbocycles. The maximum absolute atomic E-state index is 10.8. The fourth-order valence-corrected chi connectivity index (χ4v) is 2.11. The summed E-state index contributed by atoms with van der Waals surface area (Å²) in [6, 6.07) is 7.45. The van der Waals surface area contributed by atoms with Crippen molar-refractivity contribution in [3.05, 3.63) is 24.3 Å². The first-order chi connectivity index (χ1) is 8.74. The molecule has 1 aliphatic rings. The van der Waals surface area contributed by atoms with Crippen LogP contribution in [0.5, 0.6) is 0 Å². The molecule has 1 atom stereocenters. The summed E-state index contributed by atoms with van der Waals surface area (Å²) in [5.41, 5.74) is 6.79. The Morgan fingerprint density at radius 1 is 1.28 bits per heavy atom. The molecule has 1 aromatic rings. The van der Waals surface area contributed by atoms with Gasteiger partial charge in [0.25, 0.3) is 0 Å². The molecule has 98 valence electrons. The van der Waals surface area contributed by atoms with E-state index in [4.69, 9.17) is 10.5 Å². The monoisotopic (exact) mass is 249 g/mol. The van der Waals surface area contributed by atoms with Gasteiger partial charge in [0, 0.05) is 30.6 Å².